The Balaban J connectivity index is 2.03. The van der Waals surface area contributed by atoms with Gasteiger partial charge in [-0.1, -0.05) is 41.9 Å². The Morgan fingerprint density at radius 2 is 1.86 bits per heavy atom. The number of anilines is 1. The molecule has 110 valence electrons. The van der Waals surface area contributed by atoms with E-state index in [0.717, 1.165) is 22.7 Å². The van der Waals surface area contributed by atoms with Crippen LogP contribution in [0.15, 0.2) is 48.5 Å². The molecule has 0 heterocycles. The molecule has 0 saturated carbocycles. The van der Waals surface area contributed by atoms with Crippen LogP contribution < -0.4 is 11.1 Å². The quantitative estimate of drug-likeness (QED) is 0.859. The first kappa shape index (κ1) is 15.4. The first-order valence-corrected chi connectivity index (χ1v) is 7.29. The predicted molar refractivity (Wildman–Crippen MR) is 87.6 cm³/mol. The number of nitrogens with two attached hydrogens (primary N) is 1. The molecule has 0 saturated heterocycles. The number of hydrogen-bond donors (Lipinski definition) is 2. The maximum atomic E-state index is 11.1. The lowest BCUT2D eigenvalue weighted by Gasteiger charge is -2.18. The van der Waals surface area contributed by atoms with E-state index in [1.54, 1.807) is 0 Å². The van der Waals surface area contributed by atoms with Crippen LogP contribution in [-0.2, 0) is 17.6 Å². The van der Waals surface area contributed by atoms with Gasteiger partial charge in [0.25, 0.3) is 0 Å². The lowest BCUT2D eigenvalue weighted by molar-refractivity contribution is -0.117. The average Bonchev–Trinajstić information content (AvgIpc) is 2.43. The Labute approximate surface area is 130 Å². The van der Waals surface area contributed by atoms with Crippen LogP contribution in [0.25, 0.3) is 0 Å². The summed E-state index contributed by atoms with van der Waals surface area (Å²) in [5.41, 5.74) is 8.38. The molecule has 2 aromatic rings. The molecular weight excluding hydrogens is 284 g/mol. The van der Waals surface area contributed by atoms with E-state index in [1.807, 2.05) is 48.5 Å². The summed E-state index contributed by atoms with van der Waals surface area (Å²) in [6.45, 7) is 2.11. The first-order chi connectivity index (χ1) is 10.0. The molecule has 1 amide bonds. The van der Waals surface area contributed by atoms with Gasteiger partial charge in [-0.3, -0.25) is 4.79 Å². The van der Waals surface area contributed by atoms with E-state index < -0.39 is 0 Å². The van der Waals surface area contributed by atoms with Crippen LogP contribution in [0.3, 0.4) is 0 Å². The minimum absolute atomic E-state index is 0.236. The van der Waals surface area contributed by atoms with Crippen molar-refractivity contribution in [3.8, 4) is 0 Å². The fraction of sp³-hybridized carbons (Fsp3) is 0.235. The van der Waals surface area contributed by atoms with Crippen molar-refractivity contribution in [3.05, 3.63) is 64.7 Å². The molecule has 0 aromatic heterocycles. The van der Waals surface area contributed by atoms with E-state index in [-0.39, 0.29) is 18.4 Å². The second-order valence-electron chi connectivity index (χ2n) is 5.18. The minimum Gasteiger partial charge on any atom is -0.382 e. The lowest BCUT2D eigenvalue weighted by atomic mass is 10.0. The summed E-state index contributed by atoms with van der Waals surface area (Å²) in [6, 6.07) is 15.8. The molecule has 0 aliphatic heterocycles. The molecule has 0 fully saturated rings. The standard InChI is InChI=1S/C17H19ClN2O/c1-12(10-13-6-8-15(18)9-7-13)20-16-5-3-2-4-14(16)11-17(19)21/h2-9,12,20H,10-11H2,1H3,(H2,19,21). The number of rotatable bonds is 6. The Hall–Kier alpha value is -2.00. The molecule has 0 radical (unpaired) electrons. The van der Waals surface area contributed by atoms with Crippen molar-refractivity contribution in [1.29, 1.82) is 0 Å². The predicted octanol–water partition coefficient (Wildman–Crippen LogP) is 3.41. The van der Waals surface area contributed by atoms with E-state index in [0.29, 0.717) is 0 Å². The van der Waals surface area contributed by atoms with Crippen molar-refractivity contribution >= 4 is 23.2 Å². The van der Waals surface area contributed by atoms with E-state index in [4.69, 9.17) is 17.3 Å². The van der Waals surface area contributed by atoms with Crippen LogP contribution in [0.2, 0.25) is 5.02 Å². The fourth-order valence-corrected chi connectivity index (χ4v) is 2.42. The molecule has 0 bridgehead atoms. The second-order valence-corrected chi connectivity index (χ2v) is 5.61. The molecule has 4 heteroatoms. The van der Waals surface area contributed by atoms with Crippen molar-refractivity contribution in [1.82, 2.24) is 0 Å². The zero-order chi connectivity index (χ0) is 15.2. The normalized spacial score (nSPS) is 11.9. The highest BCUT2D eigenvalue weighted by Crippen LogP contribution is 2.18. The molecule has 3 N–H and O–H groups in total. The first-order valence-electron chi connectivity index (χ1n) is 6.92. The highest BCUT2D eigenvalue weighted by atomic mass is 35.5. The molecule has 1 unspecified atom stereocenters. The second kappa shape index (κ2) is 7.14. The third kappa shape index (κ3) is 4.80. The van der Waals surface area contributed by atoms with E-state index in [9.17, 15) is 4.79 Å². The van der Waals surface area contributed by atoms with Gasteiger partial charge in [-0.05, 0) is 42.7 Å². The Morgan fingerprint density at radius 3 is 2.52 bits per heavy atom. The summed E-state index contributed by atoms with van der Waals surface area (Å²) in [7, 11) is 0. The highest BCUT2D eigenvalue weighted by Gasteiger charge is 2.08. The van der Waals surface area contributed by atoms with Crippen molar-refractivity contribution < 1.29 is 4.79 Å². The third-order valence-electron chi connectivity index (χ3n) is 3.24. The van der Waals surface area contributed by atoms with E-state index in [2.05, 4.69) is 12.2 Å². The Morgan fingerprint density at radius 1 is 1.19 bits per heavy atom. The molecule has 1 atom stereocenters. The topological polar surface area (TPSA) is 55.1 Å². The van der Waals surface area contributed by atoms with Crippen LogP contribution in [0, 0.1) is 0 Å². The fourth-order valence-electron chi connectivity index (χ4n) is 2.29. The molecule has 0 aliphatic carbocycles. The monoisotopic (exact) mass is 302 g/mol. The van der Waals surface area contributed by atoms with Gasteiger partial charge in [0.05, 0.1) is 6.42 Å². The van der Waals surface area contributed by atoms with Gasteiger partial charge in [-0.25, -0.2) is 0 Å². The number of primary amides is 1. The van der Waals surface area contributed by atoms with Crippen molar-refractivity contribution in [2.45, 2.75) is 25.8 Å². The zero-order valence-electron chi connectivity index (χ0n) is 12.0. The maximum absolute atomic E-state index is 11.1. The van der Waals surface area contributed by atoms with Gasteiger partial charge in [0, 0.05) is 16.8 Å². The van der Waals surface area contributed by atoms with Gasteiger partial charge in [0.2, 0.25) is 5.91 Å². The van der Waals surface area contributed by atoms with Gasteiger partial charge in [-0.15, -0.1) is 0 Å². The van der Waals surface area contributed by atoms with Crippen molar-refractivity contribution in [2.24, 2.45) is 5.73 Å². The minimum atomic E-state index is -0.324. The molecule has 0 aliphatic rings. The van der Waals surface area contributed by atoms with Gasteiger partial charge < -0.3 is 11.1 Å². The highest BCUT2D eigenvalue weighted by molar-refractivity contribution is 6.30. The number of para-hydroxylation sites is 1. The van der Waals surface area contributed by atoms with E-state index in [1.165, 1.54) is 5.56 Å². The Bertz CT molecular complexity index is 610. The number of hydrogen-bond acceptors (Lipinski definition) is 2. The van der Waals surface area contributed by atoms with Crippen LogP contribution in [0.5, 0.6) is 0 Å². The molecule has 2 aromatic carbocycles. The third-order valence-corrected chi connectivity index (χ3v) is 3.49. The van der Waals surface area contributed by atoms with E-state index >= 15 is 0 Å². The summed E-state index contributed by atoms with van der Waals surface area (Å²) in [5.74, 6) is -0.324. The maximum Gasteiger partial charge on any atom is 0.221 e. The van der Waals surface area contributed by atoms with Gasteiger partial charge in [0.1, 0.15) is 0 Å². The van der Waals surface area contributed by atoms with Crippen molar-refractivity contribution in [3.63, 3.8) is 0 Å². The smallest absolute Gasteiger partial charge is 0.221 e. The van der Waals surface area contributed by atoms with Gasteiger partial charge >= 0.3 is 0 Å². The molecule has 3 nitrogen and oxygen atoms in total. The molecular formula is C17H19ClN2O. The summed E-state index contributed by atoms with van der Waals surface area (Å²) in [4.78, 5) is 11.1. The van der Waals surface area contributed by atoms with Crippen molar-refractivity contribution in [2.75, 3.05) is 5.32 Å². The number of nitrogens with one attached hydrogen (secondary N) is 1. The van der Waals surface area contributed by atoms with Crippen LogP contribution in [-0.4, -0.2) is 11.9 Å². The number of amides is 1. The van der Waals surface area contributed by atoms with Crippen LogP contribution >= 0.6 is 11.6 Å². The van der Waals surface area contributed by atoms with Crippen LogP contribution in [0.4, 0.5) is 5.69 Å². The zero-order valence-corrected chi connectivity index (χ0v) is 12.7. The molecule has 0 spiro atoms. The summed E-state index contributed by atoms with van der Waals surface area (Å²) < 4.78 is 0. The summed E-state index contributed by atoms with van der Waals surface area (Å²) >= 11 is 5.89. The Kier molecular flexibility index (Phi) is 5.23. The SMILES string of the molecule is CC(Cc1ccc(Cl)cc1)Nc1ccccc1CC(N)=O. The largest absolute Gasteiger partial charge is 0.382 e. The van der Waals surface area contributed by atoms with Gasteiger partial charge in [-0.2, -0.15) is 0 Å². The van der Waals surface area contributed by atoms with Gasteiger partial charge in [0.15, 0.2) is 0 Å². The summed E-state index contributed by atoms with van der Waals surface area (Å²) in [6.07, 6.45) is 1.12. The summed E-state index contributed by atoms with van der Waals surface area (Å²) in [5, 5.41) is 4.18. The average molecular weight is 303 g/mol. The lowest BCUT2D eigenvalue weighted by Crippen LogP contribution is -2.20. The number of benzene rings is 2. The molecule has 21 heavy (non-hydrogen) atoms. The number of carbonyl (C=O) groups is 1. The number of carbonyl (C=O) groups excluding carboxylic acids is 1. The molecule has 2 rings (SSSR count). The van der Waals surface area contributed by atoms with Crippen LogP contribution in [0.1, 0.15) is 18.1 Å². The number of halogens is 1.